The van der Waals surface area contributed by atoms with E-state index in [0.717, 1.165) is 11.8 Å². The van der Waals surface area contributed by atoms with Gasteiger partial charge in [-0.15, -0.1) is 10.2 Å². The summed E-state index contributed by atoms with van der Waals surface area (Å²) < 4.78 is 60.9. The largest absolute Gasteiger partial charge is 0.493 e. The molecule has 2 N–H and O–H groups in total. The van der Waals surface area contributed by atoms with Gasteiger partial charge in [0.2, 0.25) is 16.0 Å². The van der Waals surface area contributed by atoms with E-state index >= 15 is 0 Å². The maximum Gasteiger partial charge on any atom is 0.229 e. The Kier molecular flexibility index (Phi) is 5.08. The van der Waals surface area contributed by atoms with Crippen LogP contribution in [0.4, 0.5) is 20.4 Å². The number of hydrogen-bond acceptors (Lipinski definition) is 7. The predicted octanol–water partition coefficient (Wildman–Crippen LogP) is 2.99. The zero-order valence-electron chi connectivity index (χ0n) is 17.3. The molecule has 0 aliphatic carbocycles. The zero-order chi connectivity index (χ0) is 23.2. The number of nitrogens with zero attached hydrogens (tertiary/aromatic N) is 4. The highest BCUT2D eigenvalue weighted by Crippen LogP contribution is 2.31. The van der Waals surface area contributed by atoms with Gasteiger partial charge >= 0.3 is 0 Å². The Morgan fingerprint density at radius 2 is 2.03 bits per heavy atom. The highest BCUT2D eigenvalue weighted by Gasteiger charge is 2.20. The van der Waals surface area contributed by atoms with Crippen molar-refractivity contribution in [2.45, 2.75) is 13.0 Å². The zero-order valence-corrected chi connectivity index (χ0v) is 18.2. The lowest BCUT2D eigenvalue weighted by Gasteiger charge is -2.13. The number of fused-ring (bicyclic) bond motifs is 2. The molecule has 0 atom stereocenters. The molecule has 4 aromatic rings. The quantitative estimate of drug-likeness (QED) is 0.444. The molecule has 33 heavy (non-hydrogen) atoms. The molecule has 3 heterocycles. The molecule has 0 radical (unpaired) electrons. The van der Waals surface area contributed by atoms with E-state index in [1.165, 1.54) is 30.7 Å². The second-order valence-electron chi connectivity index (χ2n) is 7.54. The normalized spacial score (nSPS) is 13.1. The van der Waals surface area contributed by atoms with Crippen molar-refractivity contribution in [1.29, 1.82) is 0 Å². The number of rotatable bonds is 6. The Morgan fingerprint density at radius 3 is 2.82 bits per heavy atom. The molecule has 0 saturated carbocycles. The van der Waals surface area contributed by atoms with Gasteiger partial charge in [-0.05, 0) is 29.8 Å². The molecular weight excluding hydrogens is 454 g/mol. The smallest absolute Gasteiger partial charge is 0.229 e. The summed E-state index contributed by atoms with van der Waals surface area (Å²) in [6.07, 6.45) is 4.52. The first-order chi connectivity index (χ1) is 15.8. The molecule has 0 saturated heterocycles. The molecule has 0 unspecified atom stereocenters. The van der Waals surface area contributed by atoms with Crippen LogP contribution in [0.15, 0.2) is 42.9 Å². The molecule has 2 aromatic heterocycles. The molecule has 12 heteroatoms. The molecule has 9 nitrogen and oxygen atoms in total. The number of benzene rings is 2. The van der Waals surface area contributed by atoms with Gasteiger partial charge in [0.25, 0.3) is 0 Å². The topological polar surface area (TPSA) is 111 Å². The van der Waals surface area contributed by atoms with Crippen LogP contribution in [-0.2, 0) is 23.0 Å². The fraction of sp³-hybridized carbons (Fsp3) is 0.190. The van der Waals surface area contributed by atoms with Crippen LogP contribution >= 0.6 is 0 Å². The Labute approximate surface area is 187 Å². The lowest BCUT2D eigenvalue weighted by atomic mass is 10.0. The minimum atomic E-state index is -3.62. The van der Waals surface area contributed by atoms with Crippen LogP contribution in [0.3, 0.4) is 0 Å². The fourth-order valence-electron chi connectivity index (χ4n) is 3.79. The summed E-state index contributed by atoms with van der Waals surface area (Å²) >= 11 is 0. The second kappa shape index (κ2) is 7.96. The highest BCUT2D eigenvalue weighted by atomic mass is 32.2. The molecule has 170 valence electrons. The number of aromatic nitrogens is 4. The van der Waals surface area contributed by atoms with Gasteiger partial charge in [-0.1, -0.05) is 6.07 Å². The number of nitrogens with one attached hydrogen (secondary N) is 2. The van der Waals surface area contributed by atoms with Gasteiger partial charge in [-0.3, -0.25) is 9.12 Å². The van der Waals surface area contributed by atoms with E-state index in [-0.39, 0.29) is 18.0 Å². The maximum absolute atomic E-state index is 14.5. The summed E-state index contributed by atoms with van der Waals surface area (Å²) in [6.45, 7) is 0.696. The van der Waals surface area contributed by atoms with Crippen LogP contribution in [0, 0.1) is 11.6 Å². The first-order valence-corrected chi connectivity index (χ1v) is 11.8. The summed E-state index contributed by atoms with van der Waals surface area (Å²) in [6, 6.07) is 7.07. The lowest BCUT2D eigenvalue weighted by molar-refractivity contribution is 0.356. The van der Waals surface area contributed by atoms with E-state index in [9.17, 15) is 17.2 Å². The summed E-state index contributed by atoms with van der Waals surface area (Å²) in [5, 5.41) is 11.1. The molecule has 2 aromatic carbocycles. The molecule has 0 amide bonds. The summed E-state index contributed by atoms with van der Waals surface area (Å²) in [4.78, 5) is 4.39. The minimum absolute atomic E-state index is 0.161. The van der Waals surface area contributed by atoms with Crippen molar-refractivity contribution in [3.63, 3.8) is 0 Å². The average Bonchev–Trinajstić information content (AvgIpc) is 3.43. The van der Waals surface area contributed by atoms with E-state index in [4.69, 9.17) is 4.74 Å². The van der Waals surface area contributed by atoms with Gasteiger partial charge < -0.3 is 10.1 Å². The number of halogens is 2. The predicted molar refractivity (Wildman–Crippen MR) is 118 cm³/mol. The third kappa shape index (κ3) is 4.04. The van der Waals surface area contributed by atoms with Gasteiger partial charge in [-0.2, -0.15) is 0 Å². The standard InChI is InChI=1S/C21H18F2N6O3S/c1-33(30,31)28-18-4-2-12(8-17(18)23)14-9-24-21(29-11-26-27-20(14)29)25-10-15-13-6-7-32-19(13)5-3-16(15)22/h2-5,8-9,11,28H,6-7,10H2,1H3,(H,24,25). The number of ether oxygens (including phenoxy) is 1. The van der Waals surface area contributed by atoms with Crippen molar-refractivity contribution in [3.8, 4) is 16.9 Å². The fourth-order valence-corrected chi connectivity index (χ4v) is 4.36. The third-order valence-electron chi connectivity index (χ3n) is 5.27. The van der Waals surface area contributed by atoms with Crippen molar-refractivity contribution in [2.75, 3.05) is 22.9 Å². The molecule has 1 aliphatic heterocycles. The average molecular weight is 472 g/mol. The SMILES string of the molecule is CS(=O)(=O)Nc1ccc(-c2cnc(NCc3c(F)ccc4c3CCO4)n3cnnc23)cc1F. The minimum Gasteiger partial charge on any atom is -0.493 e. The molecule has 5 rings (SSSR count). The third-order valence-corrected chi connectivity index (χ3v) is 5.86. The summed E-state index contributed by atoms with van der Waals surface area (Å²) in [5.41, 5.74) is 2.51. The number of sulfonamides is 1. The van der Waals surface area contributed by atoms with Gasteiger partial charge in [0.05, 0.1) is 18.6 Å². The molecular formula is C21H18F2N6O3S. The number of anilines is 2. The van der Waals surface area contributed by atoms with E-state index < -0.39 is 15.8 Å². The van der Waals surface area contributed by atoms with Crippen LogP contribution in [0.1, 0.15) is 11.1 Å². The maximum atomic E-state index is 14.5. The first kappa shape index (κ1) is 21.1. The van der Waals surface area contributed by atoms with Gasteiger partial charge in [-0.25, -0.2) is 22.2 Å². The highest BCUT2D eigenvalue weighted by molar-refractivity contribution is 7.92. The Balaban J connectivity index is 1.46. The summed E-state index contributed by atoms with van der Waals surface area (Å²) in [7, 11) is -3.62. The van der Waals surface area contributed by atoms with Gasteiger partial charge in [0.15, 0.2) is 5.65 Å². The van der Waals surface area contributed by atoms with Crippen molar-refractivity contribution in [2.24, 2.45) is 0 Å². The second-order valence-corrected chi connectivity index (χ2v) is 9.29. The molecule has 0 fully saturated rings. The van der Waals surface area contributed by atoms with Crippen molar-refractivity contribution >= 4 is 27.3 Å². The van der Waals surface area contributed by atoms with E-state index in [2.05, 4.69) is 25.2 Å². The van der Waals surface area contributed by atoms with Crippen LogP contribution in [0.2, 0.25) is 0 Å². The molecule has 0 bridgehead atoms. The molecule has 1 aliphatic rings. The van der Waals surface area contributed by atoms with Crippen molar-refractivity contribution < 1.29 is 21.9 Å². The van der Waals surface area contributed by atoms with Crippen LogP contribution in [0.25, 0.3) is 16.8 Å². The van der Waals surface area contributed by atoms with Gasteiger partial charge in [0, 0.05) is 35.9 Å². The van der Waals surface area contributed by atoms with Gasteiger partial charge in [0.1, 0.15) is 23.7 Å². The first-order valence-electron chi connectivity index (χ1n) is 9.93. The summed E-state index contributed by atoms with van der Waals surface area (Å²) in [5.74, 6) is -0.0117. The van der Waals surface area contributed by atoms with E-state index in [1.54, 1.807) is 16.5 Å². The molecule has 0 spiro atoms. The van der Waals surface area contributed by atoms with Crippen LogP contribution < -0.4 is 14.8 Å². The number of hydrogen-bond donors (Lipinski definition) is 2. The van der Waals surface area contributed by atoms with Crippen LogP contribution in [-0.4, -0.2) is 40.9 Å². The van der Waals surface area contributed by atoms with Crippen molar-refractivity contribution in [3.05, 3.63) is 65.6 Å². The van der Waals surface area contributed by atoms with Crippen LogP contribution in [0.5, 0.6) is 5.75 Å². The van der Waals surface area contributed by atoms with E-state index in [0.29, 0.717) is 47.1 Å². The monoisotopic (exact) mass is 472 g/mol. The lowest BCUT2D eigenvalue weighted by Crippen LogP contribution is -2.11. The Morgan fingerprint density at radius 1 is 1.18 bits per heavy atom. The van der Waals surface area contributed by atoms with E-state index in [1.807, 2.05) is 0 Å². The Hall–Kier alpha value is -3.80. The Bertz CT molecular complexity index is 1490. The van der Waals surface area contributed by atoms with Crippen molar-refractivity contribution in [1.82, 2.24) is 19.6 Å².